The van der Waals surface area contributed by atoms with Crippen molar-refractivity contribution in [3.05, 3.63) is 45.7 Å². The van der Waals surface area contributed by atoms with E-state index in [1.807, 2.05) is 0 Å². The van der Waals surface area contributed by atoms with E-state index < -0.39 is 5.56 Å². The van der Waals surface area contributed by atoms with Gasteiger partial charge in [-0.25, -0.2) is 5.10 Å². The fourth-order valence-electron chi connectivity index (χ4n) is 1.58. The largest absolute Gasteiger partial charge is 0.467 e. The molecule has 0 aliphatic carbocycles. The van der Waals surface area contributed by atoms with Gasteiger partial charge in [0.2, 0.25) is 0 Å². The summed E-state index contributed by atoms with van der Waals surface area (Å²) in [6.07, 6.45) is 3.38. The van der Waals surface area contributed by atoms with E-state index in [1.165, 1.54) is 6.20 Å². The third-order valence-corrected chi connectivity index (χ3v) is 2.80. The lowest BCUT2D eigenvalue weighted by Crippen LogP contribution is -2.16. The molecule has 3 N–H and O–H groups in total. The van der Waals surface area contributed by atoms with Gasteiger partial charge < -0.3 is 14.8 Å². The summed E-state index contributed by atoms with van der Waals surface area (Å²) in [6.45, 7) is -0.0212. The van der Waals surface area contributed by atoms with Gasteiger partial charge in [-0.2, -0.15) is 5.10 Å². The minimum Gasteiger partial charge on any atom is -0.467 e. The van der Waals surface area contributed by atoms with E-state index in [2.05, 4.69) is 15.5 Å². The Kier molecular flexibility index (Phi) is 4.01. The highest BCUT2D eigenvalue weighted by atomic mass is 35.5. The van der Waals surface area contributed by atoms with E-state index in [1.54, 1.807) is 18.4 Å². The molecule has 0 aromatic carbocycles. The van der Waals surface area contributed by atoms with Crippen molar-refractivity contribution < 1.29 is 9.52 Å². The normalized spacial score (nSPS) is 12.3. The van der Waals surface area contributed by atoms with Gasteiger partial charge in [0, 0.05) is 6.61 Å². The predicted molar refractivity (Wildman–Crippen MR) is 66.6 cm³/mol. The molecule has 0 bridgehead atoms. The van der Waals surface area contributed by atoms with Crippen LogP contribution in [0, 0.1) is 0 Å². The molecule has 0 amide bonds. The summed E-state index contributed by atoms with van der Waals surface area (Å²) in [5.74, 6) is 0.653. The fourth-order valence-corrected chi connectivity index (χ4v) is 1.72. The lowest BCUT2D eigenvalue weighted by molar-refractivity contribution is 0.273. The number of halogens is 1. The number of aliphatic hydroxyl groups is 1. The molecule has 0 aliphatic rings. The van der Waals surface area contributed by atoms with Crippen LogP contribution in [-0.4, -0.2) is 21.9 Å². The SMILES string of the molecule is O=c1[nH]ncc(NC(CCO)c2ccco2)c1Cl. The van der Waals surface area contributed by atoms with Crippen molar-refractivity contribution in [2.24, 2.45) is 0 Å². The first kappa shape index (κ1) is 12.7. The number of aliphatic hydroxyl groups excluding tert-OH is 1. The van der Waals surface area contributed by atoms with E-state index in [4.69, 9.17) is 21.1 Å². The molecule has 18 heavy (non-hydrogen) atoms. The van der Waals surface area contributed by atoms with E-state index in [0.717, 1.165) is 0 Å². The van der Waals surface area contributed by atoms with Crippen molar-refractivity contribution in [3.63, 3.8) is 0 Å². The molecule has 1 unspecified atom stereocenters. The molecule has 0 fully saturated rings. The third-order valence-electron chi connectivity index (χ3n) is 2.43. The Morgan fingerprint density at radius 2 is 2.44 bits per heavy atom. The second-order valence-electron chi connectivity index (χ2n) is 3.65. The summed E-state index contributed by atoms with van der Waals surface area (Å²) in [6, 6.07) is 3.26. The number of aromatic nitrogens is 2. The molecule has 2 aromatic rings. The van der Waals surface area contributed by atoms with Gasteiger partial charge in [-0.05, 0) is 18.6 Å². The van der Waals surface area contributed by atoms with Gasteiger partial charge in [0.15, 0.2) is 0 Å². The number of furan rings is 1. The van der Waals surface area contributed by atoms with Crippen LogP contribution in [0.25, 0.3) is 0 Å². The third kappa shape index (κ3) is 2.72. The van der Waals surface area contributed by atoms with Crippen LogP contribution < -0.4 is 10.9 Å². The van der Waals surface area contributed by atoms with Crippen LogP contribution in [-0.2, 0) is 0 Å². The Labute approximate surface area is 108 Å². The summed E-state index contributed by atoms with van der Waals surface area (Å²) in [7, 11) is 0. The van der Waals surface area contributed by atoms with Gasteiger partial charge in [-0.15, -0.1) is 0 Å². The first-order valence-electron chi connectivity index (χ1n) is 5.36. The van der Waals surface area contributed by atoms with Gasteiger partial charge in [0.25, 0.3) is 5.56 Å². The summed E-state index contributed by atoms with van der Waals surface area (Å²) < 4.78 is 5.27. The van der Waals surface area contributed by atoms with E-state index in [-0.39, 0.29) is 17.7 Å². The number of nitrogens with zero attached hydrogens (tertiary/aromatic N) is 1. The first-order chi connectivity index (χ1) is 8.72. The zero-order valence-corrected chi connectivity index (χ0v) is 10.1. The van der Waals surface area contributed by atoms with Crippen LogP contribution in [0.3, 0.4) is 0 Å². The topological polar surface area (TPSA) is 91.2 Å². The molecular formula is C11H12ClN3O3. The van der Waals surface area contributed by atoms with Gasteiger partial charge in [-0.3, -0.25) is 4.79 Å². The summed E-state index contributed by atoms with van der Waals surface area (Å²) in [5.41, 5.74) is -0.0703. The maximum atomic E-state index is 11.3. The maximum Gasteiger partial charge on any atom is 0.285 e. The minimum atomic E-state index is -0.469. The maximum absolute atomic E-state index is 11.3. The van der Waals surface area contributed by atoms with Gasteiger partial charge in [-0.1, -0.05) is 11.6 Å². The van der Waals surface area contributed by atoms with E-state index >= 15 is 0 Å². The smallest absolute Gasteiger partial charge is 0.285 e. The van der Waals surface area contributed by atoms with Crippen LogP contribution in [0.4, 0.5) is 5.69 Å². The number of aromatic amines is 1. The zero-order chi connectivity index (χ0) is 13.0. The number of nitrogens with one attached hydrogen (secondary N) is 2. The number of hydrogen-bond acceptors (Lipinski definition) is 5. The van der Waals surface area contributed by atoms with Crippen molar-refractivity contribution in [2.75, 3.05) is 11.9 Å². The van der Waals surface area contributed by atoms with Crippen molar-refractivity contribution in [1.82, 2.24) is 10.2 Å². The molecule has 7 heteroatoms. The fraction of sp³-hybridized carbons (Fsp3) is 0.273. The molecule has 0 aliphatic heterocycles. The van der Waals surface area contributed by atoms with Crippen LogP contribution >= 0.6 is 11.6 Å². The molecule has 2 rings (SSSR count). The van der Waals surface area contributed by atoms with E-state index in [0.29, 0.717) is 17.9 Å². The molecule has 0 saturated heterocycles. The molecular weight excluding hydrogens is 258 g/mol. The van der Waals surface area contributed by atoms with Gasteiger partial charge >= 0.3 is 0 Å². The van der Waals surface area contributed by atoms with Crippen molar-refractivity contribution >= 4 is 17.3 Å². The monoisotopic (exact) mass is 269 g/mol. The lowest BCUT2D eigenvalue weighted by atomic mass is 10.1. The Bertz CT molecular complexity index is 553. The summed E-state index contributed by atoms with van der Waals surface area (Å²) in [4.78, 5) is 11.3. The zero-order valence-electron chi connectivity index (χ0n) is 9.39. The predicted octanol–water partition coefficient (Wildman–Crippen LogP) is 1.55. The van der Waals surface area contributed by atoms with Crippen LogP contribution in [0.15, 0.2) is 33.8 Å². The summed E-state index contributed by atoms with van der Waals surface area (Å²) in [5, 5.41) is 18.0. The minimum absolute atomic E-state index is 0.0212. The number of anilines is 1. The van der Waals surface area contributed by atoms with Gasteiger partial charge in [0.1, 0.15) is 10.8 Å². The molecule has 0 radical (unpaired) electrons. The Balaban J connectivity index is 2.24. The van der Waals surface area contributed by atoms with Crippen LogP contribution in [0.2, 0.25) is 5.02 Å². The quantitative estimate of drug-likeness (QED) is 0.766. The molecule has 0 spiro atoms. The van der Waals surface area contributed by atoms with Gasteiger partial charge in [0.05, 0.1) is 24.2 Å². The average Bonchev–Trinajstić information content (AvgIpc) is 2.88. The molecule has 1 atom stereocenters. The number of H-pyrrole nitrogens is 1. The second-order valence-corrected chi connectivity index (χ2v) is 4.03. The summed E-state index contributed by atoms with van der Waals surface area (Å²) >= 11 is 5.86. The highest BCUT2D eigenvalue weighted by molar-refractivity contribution is 6.32. The van der Waals surface area contributed by atoms with Crippen molar-refractivity contribution in [1.29, 1.82) is 0 Å². The molecule has 6 nitrogen and oxygen atoms in total. The molecule has 96 valence electrons. The number of rotatable bonds is 5. The standard InChI is InChI=1S/C11H12ClN3O3/c12-10-8(6-13-15-11(10)17)14-7(3-4-16)9-2-1-5-18-9/h1-2,5-7,16H,3-4H2,(H2,14,15,17). The first-order valence-corrected chi connectivity index (χ1v) is 5.74. The highest BCUT2D eigenvalue weighted by Crippen LogP contribution is 2.25. The lowest BCUT2D eigenvalue weighted by Gasteiger charge is -2.16. The average molecular weight is 270 g/mol. The van der Waals surface area contributed by atoms with Crippen LogP contribution in [0.1, 0.15) is 18.2 Å². The molecule has 2 aromatic heterocycles. The second kappa shape index (κ2) is 5.70. The number of hydrogen-bond donors (Lipinski definition) is 3. The molecule has 2 heterocycles. The Hall–Kier alpha value is -1.79. The molecule has 0 saturated carbocycles. The Morgan fingerprint density at radius 1 is 1.61 bits per heavy atom. The Morgan fingerprint density at radius 3 is 3.11 bits per heavy atom. The van der Waals surface area contributed by atoms with Crippen LogP contribution in [0.5, 0.6) is 0 Å². The highest BCUT2D eigenvalue weighted by Gasteiger charge is 2.16. The van der Waals surface area contributed by atoms with Crippen molar-refractivity contribution in [3.8, 4) is 0 Å². The van der Waals surface area contributed by atoms with E-state index in [9.17, 15) is 4.79 Å². The van der Waals surface area contributed by atoms with Crippen molar-refractivity contribution in [2.45, 2.75) is 12.5 Å².